The maximum Gasteiger partial charge on any atom is 0.416 e. The minimum atomic E-state index is -4.78. The number of nitriles is 1. The van der Waals surface area contributed by atoms with Crippen molar-refractivity contribution in [2.75, 3.05) is 5.32 Å². The van der Waals surface area contributed by atoms with Crippen LogP contribution >= 0.6 is 0 Å². The van der Waals surface area contributed by atoms with E-state index in [4.69, 9.17) is 4.74 Å². The topological polar surface area (TPSA) is 148 Å². The Hall–Kier alpha value is -5.25. The van der Waals surface area contributed by atoms with Crippen LogP contribution < -0.4 is 10.1 Å². The number of benzene rings is 3. The van der Waals surface area contributed by atoms with E-state index in [1.54, 1.807) is 6.07 Å². The number of nitrogens with one attached hydrogen (secondary N) is 1. The lowest BCUT2D eigenvalue weighted by atomic mass is 10.1. The Morgan fingerprint density at radius 1 is 1.00 bits per heavy atom. The molecule has 0 heterocycles. The summed E-state index contributed by atoms with van der Waals surface area (Å²) in [5.74, 6) is -1.32. The van der Waals surface area contributed by atoms with E-state index in [-0.39, 0.29) is 28.3 Å². The lowest BCUT2D eigenvalue weighted by Crippen LogP contribution is -2.13. The number of non-ortho nitro benzene ring substituents is 1. The van der Waals surface area contributed by atoms with Crippen molar-refractivity contribution in [1.82, 2.24) is 0 Å². The molecule has 10 nitrogen and oxygen atoms in total. The number of nitrogens with zero attached hydrogens (tertiary/aromatic N) is 3. The van der Waals surface area contributed by atoms with Crippen LogP contribution in [0.2, 0.25) is 0 Å². The number of nitro benzene ring substituents is 2. The third kappa shape index (κ3) is 6.20. The second-order valence-corrected chi connectivity index (χ2v) is 7.04. The largest absolute Gasteiger partial charge is 0.450 e. The molecular formula is C23H13F3N4O6. The summed E-state index contributed by atoms with van der Waals surface area (Å²) in [5, 5.41) is 33.9. The number of carbonyl (C=O) groups excluding carboxylic acids is 1. The molecule has 3 aromatic rings. The molecule has 0 saturated carbocycles. The monoisotopic (exact) mass is 498 g/mol. The van der Waals surface area contributed by atoms with Gasteiger partial charge in [-0.05, 0) is 42.0 Å². The standard InChI is InChI=1S/C23H13F3N4O6/c24-23(25,26)16-7-8-21(20(11-16)30(34)35)36-19-6-1-3-14(10-19)9-15(13-27)22(31)28-17-4-2-5-18(12-17)29(32)33/h1-12H,(H,28,31)/b15-9-. The van der Waals surface area contributed by atoms with Crippen molar-refractivity contribution in [3.8, 4) is 17.6 Å². The van der Waals surface area contributed by atoms with E-state index in [1.165, 1.54) is 48.5 Å². The van der Waals surface area contributed by atoms with Gasteiger partial charge in [-0.3, -0.25) is 25.0 Å². The van der Waals surface area contributed by atoms with Gasteiger partial charge in [0.2, 0.25) is 5.75 Å². The summed E-state index contributed by atoms with van der Waals surface area (Å²) in [6.45, 7) is 0. The smallest absolute Gasteiger partial charge is 0.416 e. The molecule has 0 fully saturated rings. The molecule has 0 unspecified atom stereocenters. The summed E-state index contributed by atoms with van der Waals surface area (Å²) < 4.78 is 44.1. The molecule has 0 atom stereocenters. The SMILES string of the molecule is N#C/C(=C/c1cccc(Oc2ccc(C(F)(F)F)cc2[N+](=O)[O-])c1)C(=O)Nc1cccc([N+](=O)[O-])c1. The summed E-state index contributed by atoms with van der Waals surface area (Å²) in [7, 11) is 0. The lowest BCUT2D eigenvalue weighted by molar-refractivity contribution is -0.385. The molecule has 36 heavy (non-hydrogen) atoms. The number of rotatable bonds is 7. The van der Waals surface area contributed by atoms with Crippen LogP contribution in [-0.2, 0) is 11.0 Å². The zero-order chi connectivity index (χ0) is 26.5. The number of hydrogen-bond acceptors (Lipinski definition) is 7. The van der Waals surface area contributed by atoms with Crippen molar-refractivity contribution in [2.45, 2.75) is 6.18 Å². The van der Waals surface area contributed by atoms with Crippen LogP contribution in [0.4, 0.5) is 30.2 Å². The number of carbonyl (C=O) groups is 1. The van der Waals surface area contributed by atoms with Gasteiger partial charge in [0.05, 0.1) is 15.4 Å². The Morgan fingerprint density at radius 2 is 1.72 bits per heavy atom. The van der Waals surface area contributed by atoms with E-state index >= 15 is 0 Å². The first-order valence-corrected chi connectivity index (χ1v) is 9.79. The Balaban J connectivity index is 1.85. The molecular weight excluding hydrogens is 485 g/mol. The van der Waals surface area contributed by atoms with Gasteiger partial charge >= 0.3 is 11.9 Å². The normalized spacial score (nSPS) is 11.3. The van der Waals surface area contributed by atoms with Gasteiger partial charge < -0.3 is 10.1 Å². The third-order valence-corrected chi connectivity index (χ3v) is 4.56. The second-order valence-electron chi connectivity index (χ2n) is 7.04. The molecule has 13 heteroatoms. The van der Waals surface area contributed by atoms with E-state index in [1.807, 2.05) is 0 Å². The van der Waals surface area contributed by atoms with E-state index in [2.05, 4.69) is 5.32 Å². The summed E-state index contributed by atoms with van der Waals surface area (Å²) in [6.07, 6.45) is -3.62. The van der Waals surface area contributed by atoms with Crippen LogP contribution in [0.15, 0.2) is 72.3 Å². The van der Waals surface area contributed by atoms with Gasteiger partial charge in [0.25, 0.3) is 11.6 Å². The van der Waals surface area contributed by atoms with Crippen LogP contribution in [0.3, 0.4) is 0 Å². The van der Waals surface area contributed by atoms with Crippen LogP contribution in [0.1, 0.15) is 11.1 Å². The number of alkyl halides is 3. The van der Waals surface area contributed by atoms with Crippen LogP contribution in [0.25, 0.3) is 6.08 Å². The quantitative estimate of drug-likeness (QED) is 0.186. The predicted octanol–water partition coefficient (Wildman–Crippen LogP) is 5.86. The molecule has 1 amide bonds. The number of hydrogen-bond donors (Lipinski definition) is 1. The number of halogens is 3. The summed E-state index contributed by atoms with van der Waals surface area (Å²) in [4.78, 5) is 32.9. The zero-order valence-corrected chi connectivity index (χ0v) is 17.9. The fraction of sp³-hybridized carbons (Fsp3) is 0.0435. The number of amides is 1. The molecule has 0 bridgehead atoms. The highest BCUT2D eigenvalue weighted by atomic mass is 19.4. The van der Waals surface area contributed by atoms with Crippen molar-refractivity contribution in [1.29, 1.82) is 5.26 Å². The van der Waals surface area contributed by atoms with Gasteiger partial charge in [0.15, 0.2) is 0 Å². The van der Waals surface area contributed by atoms with Gasteiger partial charge in [0.1, 0.15) is 17.4 Å². The highest BCUT2D eigenvalue weighted by Gasteiger charge is 2.33. The van der Waals surface area contributed by atoms with Crippen LogP contribution in [0.5, 0.6) is 11.5 Å². The highest BCUT2D eigenvalue weighted by molar-refractivity contribution is 6.09. The van der Waals surface area contributed by atoms with E-state index in [9.17, 15) is 43.5 Å². The minimum Gasteiger partial charge on any atom is -0.450 e. The average molecular weight is 498 g/mol. The summed E-state index contributed by atoms with van der Waals surface area (Å²) in [5.41, 5.74) is -2.42. The fourth-order valence-corrected chi connectivity index (χ4v) is 2.93. The maximum absolute atomic E-state index is 12.9. The van der Waals surface area contributed by atoms with Crippen LogP contribution in [-0.4, -0.2) is 15.8 Å². The van der Waals surface area contributed by atoms with Crippen molar-refractivity contribution in [3.05, 3.63) is 104 Å². The van der Waals surface area contributed by atoms with Gasteiger partial charge in [-0.1, -0.05) is 18.2 Å². The molecule has 182 valence electrons. The van der Waals surface area contributed by atoms with Crippen LogP contribution in [0, 0.1) is 31.6 Å². The van der Waals surface area contributed by atoms with E-state index in [0.717, 1.165) is 12.1 Å². The summed E-state index contributed by atoms with van der Waals surface area (Å²) >= 11 is 0. The Morgan fingerprint density at radius 3 is 2.36 bits per heavy atom. The van der Waals surface area contributed by atoms with Crippen molar-refractivity contribution in [2.24, 2.45) is 0 Å². The molecule has 0 spiro atoms. The fourth-order valence-electron chi connectivity index (χ4n) is 2.93. The first-order chi connectivity index (χ1) is 17.0. The zero-order valence-electron chi connectivity index (χ0n) is 17.9. The van der Waals surface area contributed by atoms with Gasteiger partial charge in [-0.25, -0.2) is 0 Å². The Labute approximate surface area is 200 Å². The van der Waals surface area contributed by atoms with E-state index < -0.39 is 38.9 Å². The van der Waals surface area contributed by atoms with Gasteiger partial charge in [0, 0.05) is 23.9 Å². The highest BCUT2D eigenvalue weighted by Crippen LogP contribution is 2.38. The van der Waals surface area contributed by atoms with E-state index in [0.29, 0.717) is 12.1 Å². The van der Waals surface area contributed by atoms with Crippen molar-refractivity contribution < 1.29 is 32.5 Å². The lowest BCUT2D eigenvalue weighted by Gasteiger charge is -2.10. The minimum absolute atomic E-state index is 0.0111. The molecule has 0 aliphatic heterocycles. The predicted molar refractivity (Wildman–Crippen MR) is 120 cm³/mol. The average Bonchev–Trinajstić information content (AvgIpc) is 2.82. The molecule has 0 aromatic heterocycles. The summed E-state index contributed by atoms with van der Waals surface area (Å²) in [6, 6.07) is 14.2. The first kappa shape index (κ1) is 25.4. The number of nitro groups is 2. The molecule has 0 saturated heterocycles. The van der Waals surface area contributed by atoms with Gasteiger partial charge in [-0.15, -0.1) is 0 Å². The molecule has 0 aliphatic rings. The Bertz CT molecular complexity index is 1430. The first-order valence-electron chi connectivity index (χ1n) is 9.79. The number of ether oxygens (including phenoxy) is 1. The molecule has 3 aromatic carbocycles. The molecule has 3 rings (SSSR count). The molecule has 0 aliphatic carbocycles. The van der Waals surface area contributed by atoms with Crippen molar-refractivity contribution in [3.63, 3.8) is 0 Å². The maximum atomic E-state index is 12.9. The second kappa shape index (κ2) is 10.3. The van der Waals surface area contributed by atoms with Crippen molar-refractivity contribution >= 4 is 29.0 Å². The van der Waals surface area contributed by atoms with Gasteiger partial charge in [-0.2, -0.15) is 18.4 Å². The molecule has 1 N–H and O–H groups in total. The Kier molecular flexibility index (Phi) is 7.29. The third-order valence-electron chi connectivity index (χ3n) is 4.56. The number of anilines is 1. The molecule has 0 radical (unpaired) electrons.